The number of hydrogen-bond acceptors (Lipinski definition) is 5. The van der Waals surface area contributed by atoms with Crippen LogP contribution in [0.4, 0.5) is 21.6 Å². The van der Waals surface area contributed by atoms with Crippen molar-refractivity contribution in [1.29, 1.82) is 0 Å². The zero-order valence-corrected chi connectivity index (χ0v) is 16.5. The number of likely N-dealkylation sites (tertiary alicyclic amines) is 1. The van der Waals surface area contributed by atoms with Gasteiger partial charge in [-0.1, -0.05) is 29.5 Å². The Morgan fingerprint density at radius 3 is 2.83 bits per heavy atom. The molecule has 0 bridgehead atoms. The largest absolute Gasteiger partial charge is 0.398 e. The second-order valence-electron chi connectivity index (χ2n) is 7.75. The van der Waals surface area contributed by atoms with E-state index in [1.165, 1.54) is 12.4 Å². The second-order valence-corrected chi connectivity index (χ2v) is 8.16. The van der Waals surface area contributed by atoms with E-state index in [-0.39, 0.29) is 10.7 Å². The first-order valence-electron chi connectivity index (χ1n) is 9.46. The van der Waals surface area contributed by atoms with Gasteiger partial charge < -0.3 is 16.0 Å². The predicted molar refractivity (Wildman–Crippen MR) is 113 cm³/mol. The zero-order valence-electron chi connectivity index (χ0n) is 15.8. The van der Waals surface area contributed by atoms with E-state index < -0.39 is 5.82 Å². The van der Waals surface area contributed by atoms with Crippen LogP contribution in [0.3, 0.4) is 0 Å². The van der Waals surface area contributed by atoms with Crippen molar-refractivity contribution < 1.29 is 4.39 Å². The molecule has 1 saturated carbocycles. The Morgan fingerprint density at radius 2 is 2.03 bits per heavy atom. The number of aromatic nitrogens is 2. The molecule has 2 heterocycles. The van der Waals surface area contributed by atoms with Gasteiger partial charge in [0.15, 0.2) is 5.82 Å². The van der Waals surface area contributed by atoms with Crippen molar-refractivity contribution in [2.75, 3.05) is 31.2 Å². The molecule has 1 aromatic heterocycles. The van der Waals surface area contributed by atoms with Gasteiger partial charge in [-0.25, -0.2) is 14.4 Å². The normalized spacial score (nSPS) is 22.8. The van der Waals surface area contributed by atoms with E-state index >= 15 is 0 Å². The van der Waals surface area contributed by atoms with Gasteiger partial charge in [0.25, 0.3) is 0 Å². The highest BCUT2D eigenvalue weighted by Crippen LogP contribution is 2.50. The summed E-state index contributed by atoms with van der Waals surface area (Å²) in [4.78, 5) is 10.9. The molecule has 146 valence electrons. The number of nitrogens with one attached hydrogen (secondary N) is 1. The Hall–Kier alpha value is -2.88. The molecule has 3 atom stereocenters. The van der Waals surface area contributed by atoms with Crippen LogP contribution in [0.1, 0.15) is 5.56 Å². The predicted octanol–water partition coefficient (Wildman–Crippen LogP) is 3.91. The van der Waals surface area contributed by atoms with Gasteiger partial charge in [0.2, 0.25) is 0 Å². The molecular weight excluding hydrogens is 389 g/mol. The minimum Gasteiger partial charge on any atom is -0.398 e. The van der Waals surface area contributed by atoms with Crippen LogP contribution in [0, 0.1) is 35.4 Å². The summed E-state index contributed by atoms with van der Waals surface area (Å²) in [7, 11) is 2.15. The zero-order chi connectivity index (χ0) is 20.1. The van der Waals surface area contributed by atoms with E-state index in [0.717, 1.165) is 18.7 Å². The van der Waals surface area contributed by atoms with E-state index in [1.807, 2.05) is 6.07 Å². The third kappa shape index (κ3) is 3.27. The van der Waals surface area contributed by atoms with E-state index in [9.17, 15) is 4.39 Å². The first-order chi connectivity index (χ1) is 14.0. The van der Waals surface area contributed by atoms with Gasteiger partial charge in [0.05, 0.1) is 16.2 Å². The molecule has 0 spiro atoms. The number of nitrogens with two attached hydrogens (primary N) is 1. The van der Waals surface area contributed by atoms with Crippen LogP contribution in [0.15, 0.2) is 36.7 Å². The number of rotatable bonds is 2. The summed E-state index contributed by atoms with van der Waals surface area (Å²) < 4.78 is 14.3. The topological polar surface area (TPSA) is 67.1 Å². The minimum absolute atomic E-state index is 0.0430. The van der Waals surface area contributed by atoms with Crippen LogP contribution in [0.5, 0.6) is 0 Å². The van der Waals surface area contributed by atoms with Gasteiger partial charge in [-0.2, -0.15) is 0 Å². The number of fused-ring (bicyclic) bond motifs is 2. The minimum atomic E-state index is -0.531. The summed E-state index contributed by atoms with van der Waals surface area (Å²) in [6, 6.07) is 8.41. The molecule has 2 fully saturated rings. The molecule has 5 nitrogen and oxygen atoms in total. The Kier molecular flexibility index (Phi) is 4.30. The number of halogens is 2. The molecular formula is C22H19ClFN5. The molecule has 1 aliphatic heterocycles. The Labute approximate surface area is 173 Å². The number of nitrogens with zero attached hydrogens (tertiary/aromatic N) is 3. The number of benzene rings is 2. The van der Waals surface area contributed by atoms with E-state index in [1.54, 1.807) is 18.2 Å². The number of hydrogen-bond donors (Lipinski definition) is 2. The van der Waals surface area contributed by atoms with Gasteiger partial charge >= 0.3 is 0 Å². The van der Waals surface area contributed by atoms with Crippen LogP contribution < -0.4 is 11.1 Å². The maximum absolute atomic E-state index is 14.3. The molecule has 1 saturated heterocycles. The highest BCUT2D eigenvalue weighted by Gasteiger charge is 2.53. The summed E-state index contributed by atoms with van der Waals surface area (Å²) in [6.45, 7) is 2.25. The molecule has 5 rings (SSSR count). The van der Waals surface area contributed by atoms with Crippen LogP contribution in [0.25, 0.3) is 10.9 Å². The lowest BCUT2D eigenvalue weighted by molar-refractivity contribution is 0.360. The van der Waals surface area contributed by atoms with Crippen molar-refractivity contribution in [3.05, 3.63) is 53.1 Å². The van der Waals surface area contributed by atoms with Crippen LogP contribution in [-0.4, -0.2) is 35.0 Å². The second kappa shape index (κ2) is 6.87. The van der Waals surface area contributed by atoms with Crippen molar-refractivity contribution in [2.24, 2.45) is 17.8 Å². The summed E-state index contributed by atoms with van der Waals surface area (Å²) in [6.07, 6.45) is 1.43. The van der Waals surface area contributed by atoms with Crippen LogP contribution in [0.2, 0.25) is 5.02 Å². The van der Waals surface area contributed by atoms with E-state index in [0.29, 0.717) is 40.2 Å². The molecule has 2 aliphatic rings. The highest BCUT2D eigenvalue weighted by atomic mass is 35.5. The van der Waals surface area contributed by atoms with Gasteiger partial charge in [-0.05, 0) is 43.1 Å². The Balaban J connectivity index is 1.45. The molecule has 0 amide bonds. The Bertz CT molecular complexity index is 1170. The maximum atomic E-state index is 14.3. The highest BCUT2D eigenvalue weighted by molar-refractivity contribution is 6.31. The van der Waals surface area contributed by atoms with Gasteiger partial charge in [-0.3, -0.25) is 0 Å². The maximum Gasteiger partial charge on any atom is 0.165 e. The third-order valence-corrected chi connectivity index (χ3v) is 6.05. The monoisotopic (exact) mass is 407 g/mol. The fourth-order valence-corrected chi connectivity index (χ4v) is 4.34. The average molecular weight is 408 g/mol. The lowest BCUT2D eigenvalue weighted by Gasteiger charge is -2.11. The molecule has 0 radical (unpaired) electrons. The molecule has 29 heavy (non-hydrogen) atoms. The van der Waals surface area contributed by atoms with Crippen molar-refractivity contribution in [2.45, 2.75) is 0 Å². The fraction of sp³-hybridized carbons (Fsp3) is 0.273. The molecule has 7 heteroatoms. The van der Waals surface area contributed by atoms with Crippen LogP contribution >= 0.6 is 11.6 Å². The quantitative estimate of drug-likeness (QED) is 0.498. The number of piperidine rings is 1. The molecule has 2 unspecified atom stereocenters. The lowest BCUT2D eigenvalue weighted by atomic mass is 10.1. The number of nitrogen functional groups attached to an aromatic ring is 1. The molecule has 3 N–H and O–H groups in total. The van der Waals surface area contributed by atoms with E-state index in [2.05, 4.69) is 39.1 Å². The van der Waals surface area contributed by atoms with Crippen molar-refractivity contribution in [3.63, 3.8) is 0 Å². The summed E-state index contributed by atoms with van der Waals surface area (Å²) in [5, 5.41) is 3.72. The standard InChI is InChI=1S/C22H19ClFN5/c1-29-9-15-13(16(15)10-29)6-5-12-7-20-14(8-18(12)25)22(27-11-26-20)28-19-4-2-3-17(23)21(19)24/h2-4,7-8,11,13,15-16H,9-10,25H2,1H3,(H,26,27,28)/t13?,15-,16?/m0/s1. The average Bonchev–Trinajstić information content (AvgIpc) is 3.16. The first kappa shape index (κ1) is 18.2. The van der Waals surface area contributed by atoms with Crippen molar-refractivity contribution >= 4 is 39.7 Å². The number of anilines is 3. The fourth-order valence-electron chi connectivity index (χ4n) is 4.17. The van der Waals surface area contributed by atoms with E-state index in [4.69, 9.17) is 17.3 Å². The summed E-state index contributed by atoms with van der Waals surface area (Å²) in [5.74, 6) is 8.42. The van der Waals surface area contributed by atoms with Crippen molar-refractivity contribution in [3.8, 4) is 11.8 Å². The third-order valence-electron chi connectivity index (χ3n) is 5.76. The first-order valence-corrected chi connectivity index (χ1v) is 9.84. The Morgan fingerprint density at radius 1 is 1.24 bits per heavy atom. The lowest BCUT2D eigenvalue weighted by Crippen LogP contribution is -2.18. The molecule has 2 aromatic carbocycles. The summed E-state index contributed by atoms with van der Waals surface area (Å²) in [5.41, 5.74) is 8.50. The molecule has 1 aliphatic carbocycles. The molecule has 3 aromatic rings. The van der Waals surface area contributed by atoms with Gasteiger partial charge in [-0.15, -0.1) is 0 Å². The smallest absolute Gasteiger partial charge is 0.165 e. The van der Waals surface area contributed by atoms with Gasteiger partial charge in [0, 0.05) is 35.6 Å². The van der Waals surface area contributed by atoms with Gasteiger partial charge in [0.1, 0.15) is 12.1 Å². The van der Waals surface area contributed by atoms with Crippen molar-refractivity contribution in [1.82, 2.24) is 14.9 Å². The summed E-state index contributed by atoms with van der Waals surface area (Å²) >= 11 is 5.87. The van der Waals surface area contributed by atoms with Crippen LogP contribution in [-0.2, 0) is 0 Å². The SMILES string of the molecule is CN1CC2C(C#Cc3cc4ncnc(Nc5cccc(Cl)c5F)c4cc3N)[C@@H]2C1.